The number of carbonyl (C=O) groups is 1. The molecule has 0 aromatic heterocycles. The topological polar surface area (TPSA) is 44.4 Å². The van der Waals surface area contributed by atoms with Crippen LogP contribution >= 0.6 is 0 Å². The molecular weight excluding hydrogens is 226 g/mol. The number of carbonyl (C=O) groups excluding carboxylic acids is 1. The molecule has 2 N–H and O–H groups in total. The van der Waals surface area contributed by atoms with E-state index in [1.54, 1.807) is 7.05 Å². The molecule has 1 aliphatic heterocycles. The molecule has 4 nitrogen and oxygen atoms in total. The SMILES string of the molecule is CCNC1CCC(N2CCCC2C(=O)NC)CC1. The highest BCUT2D eigenvalue weighted by molar-refractivity contribution is 5.81. The van der Waals surface area contributed by atoms with Crippen molar-refractivity contribution < 1.29 is 4.79 Å². The summed E-state index contributed by atoms with van der Waals surface area (Å²) in [6, 6.07) is 1.47. The first-order valence-corrected chi connectivity index (χ1v) is 7.47. The molecule has 2 aliphatic rings. The predicted molar refractivity (Wildman–Crippen MR) is 73.5 cm³/mol. The molecule has 0 aromatic rings. The van der Waals surface area contributed by atoms with Gasteiger partial charge in [-0.2, -0.15) is 0 Å². The maximum Gasteiger partial charge on any atom is 0.237 e. The van der Waals surface area contributed by atoms with Gasteiger partial charge >= 0.3 is 0 Å². The highest BCUT2D eigenvalue weighted by Crippen LogP contribution is 2.29. The van der Waals surface area contributed by atoms with Crippen molar-refractivity contribution in [1.29, 1.82) is 0 Å². The van der Waals surface area contributed by atoms with Crippen LogP contribution in [0.2, 0.25) is 0 Å². The highest BCUT2D eigenvalue weighted by atomic mass is 16.2. The summed E-state index contributed by atoms with van der Waals surface area (Å²) in [6.45, 7) is 4.35. The van der Waals surface area contributed by atoms with Gasteiger partial charge in [0.15, 0.2) is 0 Å². The van der Waals surface area contributed by atoms with Gasteiger partial charge in [0, 0.05) is 19.1 Å². The zero-order valence-corrected chi connectivity index (χ0v) is 11.7. The Morgan fingerprint density at radius 3 is 2.56 bits per heavy atom. The van der Waals surface area contributed by atoms with Gasteiger partial charge in [0.25, 0.3) is 0 Å². The van der Waals surface area contributed by atoms with Crippen LogP contribution in [0, 0.1) is 0 Å². The largest absolute Gasteiger partial charge is 0.358 e. The number of likely N-dealkylation sites (tertiary alicyclic amines) is 1. The van der Waals surface area contributed by atoms with Crippen LogP contribution in [0.5, 0.6) is 0 Å². The number of nitrogens with one attached hydrogen (secondary N) is 2. The third kappa shape index (κ3) is 3.04. The van der Waals surface area contributed by atoms with Crippen LogP contribution < -0.4 is 10.6 Å². The molecule has 1 atom stereocenters. The van der Waals surface area contributed by atoms with E-state index >= 15 is 0 Å². The van der Waals surface area contributed by atoms with Crippen molar-refractivity contribution in [1.82, 2.24) is 15.5 Å². The first-order chi connectivity index (χ1) is 8.76. The van der Waals surface area contributed by atoms with Crippen molar-refractivity contribution in [3.8, 4) is 0 Å². The second kappa shape index (κ2) is 6.53. The molecule has 2 rings (SSSR count). The Hall–Kier alpha value is -0.610. The molecule has 0 radical (unpaired) electrons. The van der Waals surface area contributed by atoms with Crippen molar-refractivity contribution in [3.05, 3.63) is 0 Å². The minimum absolute atomic E-state index is 0.135. The van der Waals surface area contributed by atoms with Gasteiger partial charge in [-0.15, -0.1) is 0 Å². The van der Waals surface area contributed by atoms with E-state index < -0.39 is 0 Å². The summed E-state index contributed by atoms with van der Waals surface area (Å²) in [5.74, 6) is 0.210. The molecule has 18 heavy (non-hydrogen) atoms. The van der Waals surface area contributed by atoms with Gasteiger partial charge in [0.05, 0.1) is 6.04 Å². The maximum atomic E-state index is 11.9. The number of nitrogens with zero attached hydrogens (tertiary/aromatic N) is 1. The lowest BCUT2D eigenvalue weighted by atomic mass is 9.89. The van der Waals surface area contributed by atoms with Crippen molar-refractivity contribution >= 4 is 5.91 Å². The number of hydrogen-bond donors (Lipinski definition) is 2. The molecule has 0 aromatic carbocycles. The van der Waals surface area contributed by atoms with E-state index in [2.05, 4.69) is 22.5 Å². The van der Waals surface area contributed by atoms with Crippen LogP contribution in [0.1, 0.15) is 45.4 Å². The normalized spacial score (nSPS) is 33.6. The lowest BCUT2D eigenvalue weighted by molar-refractivity contribution is -0.125. The first kappa shape index (κ1) is 13.8. The minimum atomic E-state index is 0.135. The predicted octanol–water partition coefficient (Wildman–Crippen LogP) is 1.12. The fourth-order valence-corrected chi connectivity index (χ4v) is 3.57. The van der Waals surface area contributed by atoms with Crippen LogP contribution in [0.15, 0.2) is 0 Å². The molecule has 0 spiro atoms. The second-order valence-corrected chi connectivity index (χ2v) is 5.57. The van der Waals surface area contributed by atoms with Crippen LogP contribution in [-0.4, -0.2) is 49.1 Å². The Bertz CT molecular complexity index is 274. The van der Waals surface area contributed by atoms with E-state index in [9.17, 15) is 4.79 Å². The maximum absolute atomic E-state index is 11.9. The van der Waals surface area contributed by atoms with Gasteiger partial charge in [0.2, 0.25) is 5.91 Å². The molecular formula is C14H27N3O. The zero-order chi connectivity index (χ0) is 13.0. The average molecular weight is 253 g/mol. The molecule has 2 fully saturated rings. The Labute approximate surface area is 110 Å². The summed E-state index contributed by atoms with van der Waals surface area (Å²) >= 11 is 0. The number of hydrogen-bond acceptors (Lipinski definition) is 3. The van der Waals surface area contributed by atoms with Crippen molar-refractivity contribution in [2.24, 2.45) is 0 Å². The van der Waals surface area contributed by atoms with Crippen molar-refractivity contribution in [2.45, 2.75) is 63.6 Å². The van der Waals surface area contributed by atoms with E-state index in [4.69, 9.17) is 0 Å². The molecule has 4 heteroatoms. The third-order valence-electron chi connectivity index (χ3n) is 4.50. The Balaban J connectivity index is 1.86. The number of likely N-dealkylation sites (N-methyl/N-ethyl adjacent to an activating group) is 1. The Morgan fingerprint density at radius 1 is 1.22 bits per heavy atom. The highest BCUT2D eigenvalue weighted by Gasteiger charge is 2.36. The zero-order valence-electron chi connectivity index (χ0n) is 11.7. The van der Waals surface area contributed by atoms with E-state index in [1.165, 1.54) is 32.1 Å². The second-order valence-electron chi connectivity index (χ2n) is 5.57. The van der Waals surface area contributed by atoms with Gasteiger partial charge in [-0.25, -0.2) is 0 Å². The first-order valence-electron chi connectivity index (χ1n) is 7.47. The van der Waals surface area contributed by atoms with Crippen molar-refractivity contribution in [2.75, 3.05) is 20.1 Å². The van der Waals surface area contributed by atoms with Crippen LogP contribution in [0.3, 0.4) is 0 Å². The van der Waals surface area contributed by atoms with Crippen LogP contribution in [0.4, 0.5) is 0 Å². The van der Waals surface area contributed by atoms with E-state index in [0.29, 0.717) is 12.1 Å². The lowest BCUT2D eigenvalue weighted by Gasteiger charge is -2.37. The smallest absolute Gasteiger partial charge is 0.237 e. The Morgan fingerprint density at radius 2 is 1.94 bits per heavy atom. The van der Waals surface area contributed by atoms with E-state index in [1.807, 2.05) is 0 Å². The monoisotopic (exact) mass is 253 g/mol. The summed E-state index contributed by atoms with van der Waals surface area (Å²) in [6.07, 6.45) is 7.21. The molecule has 1 saturated carbocycles. The molecule has 1 saturated heterocycles. The van der Waals surface area contributed by atoms with Gasteiger partial charge < -0.3 is 10.6 Å². The molecule has 1 unspecified atom stereocenters. The van der Waals surface area contributed by atoms with Crippen molar-refractivity contribution in [3.63, 3.8) is 0 Å². The summed E-state index contributed by atoms with van der Waals surface area (Å²) < 4.78 is 0. The van der Waals surface area contributed by atoms with Gasteiger partial charge in [-0.3, -0.25) is 9.69 Å². The lowest BCUT2D eigenvalue weighted by Crippen LogP contribution is -2.49. The summed E-state index contributed by atoms with van der Waals surface area (Å²) in [7, 11) is 1.75. The molecule has 0 bridgehead atoms. The molecule has 1 heterocycles. The fraction of sp³-hybridized carbons (Fsp3) is 0.929. The standard InChI is InChI=1S/C14H27N3O/c1-3-16-11-6-8-12(9-7-11)17-10-4-5-13(17)14(18)15-2/h11-13,16H,3-10H2,1-2H3,(H,15,18). The number of amides is 1. The van der Waals surface area contributed by atoms with Gasteiger partial charge in [-0.05, 0) is 51.6 Å². The summed E-state index contributed by atoms with van der Waals surface area (Å²) in [5.41, 5.74) is 0. The Kier molecular flexibility index (Phi) is 5.01. The number of rotatable bonds is 4. The average Bonchev–Trinajstić information content (AvgIpc) is 2.88. The van der Waals surface area contributed by atoms with E-state index in [0.717, 1.165) is 19.5 Å². The summed E-state index contributed by atoms with van der Waals surface area (Å²) in [5, 5.41) is 6.36. The summed E-state index contributed by atoms with van der Waals surface area (Å²) in [4.78, 5) is 14.3. The molecule has 104 valence electrons. The molecule has 1 amide bonds. The van der Waals surface area contributed by atoms with Gasteiger partial charge in [0.1, 0.15) is 0 Å². The molecule has 1 aliphatic carbocycles. The fourth-order valence-electron chi connectivity index (χ4n) is 3.57. The van der Waals surface area contributed by atoms with Crippen LogP contribution in [-0.2, 0) is 4.79 Å². The van der Waals surface area contributed by atoms with Crippen LogP contribution in [0.25, 0.3) is 0 Å². The minimum Gasteiger partial charge on any atom is -0.358 e. The quantitative estimate of drug-likeness (QED) is 0.789. The third-order valence-corrected chi connectivity index (χ3v) is 4.50. The van der Waals surface area contributed by atoms with Gasteiger partial charge in [-0.1, -0.05) is 6.92 Å². The van der Waals surface area contributed by atoms with E-state index in [-0.39, 0.29) is 11.9 Å².